The van der Waals surface area contributed by atoms with E-state index in [1.807, 2.05) is 6.08 Å². The molecule has 0 aromatic carbocycles. The lowest BCUT2D eigenvalue weighted by Gasteiger charge is -2.62. The molecule has 0 aromatic heterocycles. The van der Waals surface area contributed by atoms with Crippen LogP contribution in [0.25, 0.3) is 0 Å². The average molecular weight is 433 g/mol. The van der Waals surface area contributed by atoms with Crippen molar-refractivity contribution in [3.8, 4) is 0 Å². The highest BCUT2D eigenvalue weighted by Crippen LogP contribution is 2.67. The van der Waals surface area contributed by atoms with Gasteiger partial charge in [-0.3, -0.25) is 4.79 Å². The summed E-state index contributed by atoms with van der Waals surface area (Å²) in [4.78, 5) is 11.8. The molecule has 3 N–H and O–H groups in total. The Morgan fingerprint density at radius 2 is 1.94 bits per heavy atom. The number of fused-ring (bicyclic) bond motifs is 5. The summed E-state index contributed by atoms with van der Waals surface area (Å²) in [6, 6.07) is 0. The van der Waals surface area contributed by atoms with Gasteiger partial charge in [0.25, 0.3) is 0 Å². The molecule has 11 atom stereocenters. The van der Waals surface area contributed by atoms with Gasteiger partial charge in [-0.2, -0.15) is 0 Å². The van der Waals surface area contributed by atoms with Gasteiger partial charge in [-0.05, 0) is 84.9 Å². The third-order valence-electron chi connectivity index (χ3n) is 10.1. The van der Waals surface area contributed by atoms with Crippen LogP contribution in [-0.2, 0) is 9.53 Å². The van der Waals surface area contributed by atoms with Gasteiger partial charge in [0, 0.05) is 6.42 Å². The molecule has 0 bridgehead atoms. The normalized spacial score (nSPS) is 49.5. The first-order valence-electron chi connectivity index (χ1n) is 12.2. The van der Waals surface area contributed by atoms with Crippen molar-refractivity contribution in [1.82, 2.24) is 0 Å². The maximum Gasteiger partial charge on any atom is 0.310 e. The van der Waals surface area contributed by atoms with Gasteiger partial charge in [-0.25, -0.2) is 0 Å². The molecule has 0 aliphatic heterocycles. The monoisotopic (exact) mass is 432 g/mol. The predicted molar refractivity (Wildman–Crippen MR) is 119 cm³/mol. The topological polar surface area (TPSA) is 87.0 Å². The molecule has 5 nitrogen and oxygen atoms in total. The van der Waals surface area contributed by atoms with Crippen molar-refractivity contribution in [2.75, 3.05) is 0 Å². The molecular formula is C26H40O5. The summed E-state index contributed by atoms with van der Waals surface area (Å²) in [6.07, 6.45) is 9.35. The number of allylic oxidation sites excluding steroid dienone is 1. The van der Waals surface area contributed by atoms with Crippen LogP contribution in [0.15, 0.2) is 25.0 Å². The van der Waals surface area contributed by atoms with Gasteiger partial charge in [0.2, 0.25) is 0 Å². The van der Waals surface area contributed by atoms with Gasteiger partial charge in [-0.15, -0.1) is 0 Å². The maximum atomic E-state index is 11.8. The van der Waals surface area contributed by atoms with E-state index in [1.165, 1.54) is 6.26 Å². The van der Waals surface area contributed by atoms with Gasteiger partial charge < -0.3 is 20.1 Å². The van der Waals surface area contributed by atoms with Gasteiger partial charge in [-0.1, -0.05) is 39.5 Å². The Labute approximate surface area is 186 Å². The Hall–Kier alpha value is -1.17. The quantitative estimate of drug-likeness (QED) is 0.349. The summed E-state index contributed by atoms with van der Waals surface area (Å²) >= 11 is 0. The number of hydrogen-bond donors (Lipinski definition) is 3. The molecule has 0 heterocycles. The SMILES string of the molecule is C=COC(=O)CCC(C)C1CCC2C3C(O)CC4CC(O)C=CC4(C)C3CC(O)C12C. The Morgan fingerprint density at radius 3 is 2.65 bits per heavy atom. The van der Waals surface area contributed by atoms with E-state index in [4.69, 9.17) is 4.74 Å². The molecule has 174 valence electrons. The van der Waals surface area contributed by atoms with Crippen molar-refractivity contribution in [1.29, 1.82) is 0 Å². The molecule has 11 unspecified atom stereocenters. The molecule has 4 aliphatic rings. The minimum absolute atomic E-state index is 0.0798. The number of aliphatic hydroxyl groups excluding tert-OH is 3. The Morgan fingerprint density at radius 1 is 1.19 bits per heavy atom. The first kappa shape index (κ1) is 23.0. The second-order valence-electron chi connectivity index (χ2n) is 11.3. The molecule has 0 radical (unpaired) electrons. The second kappa shape index (κ2) is 8.31. The molecular weight excluding hydrogens is 392 g/mol. The number of ether oxygens (including phenoxy) is 1. The van der Waals surface area contributed by atoms with Crippen LogP contribution in [0, 0.1) is 46.3 Å². The standard InChI is InChI=1S/C26H40O5/c1-5-31-23(30)9-6-15(2)18-7-8-19-24-20(14-22(29)26(18,19)4)25(3)11-10-17(27)12-16(25)13-21(24)28/h5,10-11,15-22,24,27-29H,1,6-9,12-14H2,2-4H3. The number of carbonyl (C=O) groups is 1. The maximum absolute atomic E-state index is 11.8. The smallest absolute Gasteiger partial charge is 0.310 e. The fourth-order valence-electron chi connectivity index (χ4n) is 8.39. The van der Waals surface area contributed by atoms with Crippen molar-refractivity contribution < 1.29 is 24.9 Å². The van der Waals surface area contributed by atoms with E-state index in [0.29, 0.717) is 31.1 Å². The Bertz CT molecular complexity index is 733. The summed E-state index contributed by atoms with van der Waals surface area (Å²) < 4.78 is 4.88. The van der Waals surface area contributed by atoms with Crippen LogP contribution in [0.4, 0.5) is 0 Å². The molecule has 5 heteroatoms. The number of rotatable bonds is 5. The Kier molecular flexibility index (Phi) is 6.17. The highest BCUT2D eigenvalue weighted by atomic mass is 16.5. The zero-order valence-corrected chi connectivity index (χ0v) is 19.2. The summed E-state index contributed by atoms with van der Waals surface area (Å²) in [5.41, 5.74) is -0.325. The molecule has 4 rings (SSSR count). The van der Waals surface area contributed by atoms with Gasteiger partial charge in [0.1, 0.15) is 0 Å². The van der Waals surface area contributed by atoms with Gasteiger partial charge in [0.15, 0.2) is 0 Å². The van der Waals surface area contributed by atoms with Crippen LogP contribution < -0.4 is 0 Å². The largest absolute Gasteiger partial charge is 0.435 e. The number of carbonyl (C=O) groups excluding carboxylic acids is 1. The Balaban J connectivity index is 1.57. The number of hydrogen-bond acceptors (Lipinski definition) is 5. The lowest BCUT2D eigenvalue weighted by molar-refractivity contribution is -0.188. The van der Waals surface area contributed by atoms with E-state index in [0.717, 1.165) is 25.7 Å². The molecule has 0 spiro atoms. The van der Waals surface area contributed by atoms with Crippen LogP contribution in [0.3, 0.4) is 0 Å². The molecule has 4 aliphatic carbocycles. The fraction of sp³-hybridized carbons (Fsp3) is 0.808. The van der Waals surface area contributed by atoms with E-state index in [2.05, 4.69) is 33.4 Å². The summed E-state index contributed by atoms with van der Waals surface area (Å²) in [5, 5.41) is 33.0. The van der Waals surface area contributed by atoms with Crippen molar-refractivity contribution in [2.45, 2.75) is 84.0 Å². The van der Waals surface area contributed by atoms with Crippen LogP contribution in [-0.4, -0.2) is 39.6 Å². The van der Waals surface area contributed by atoms with Crippen molar-refractivity contribution in [2.24, 2.45) is 46.3 Å². The second-order valence-corrected chi connectivity index (χ2v) is 11.3. The molecule has 0 aromatic rings. The molecule has 31 heavy (non-hydrogen) atoms. The van der Waals surface area contributed by atoms with E-state index in [1.54, 1.807) is 0 Å². The average Bonchev–Trinajstić information content (AvgIpc) is 3.07. The molecule has 3 fully saturated rings. The third kappa shape index (κ3) is 3.61. The summed E-state index contributed by atoms with van der Waals surface area (Å²) in [5.74, 6) is 1.32. The van der Waals surface area contributed by atoms with Crippen LogP contribution in [0.5, 0.6) is 0 Å². The zero-order chi connectivity index (χ0) is 22.6. The first-order valence-corrected chi connectivity index (χ1v) is 12.2. The molecule has 3 saturated carbocycles. The number of esters is 1. The van der Waals surface area contributed by atoms with E-state index in [-0.39, 0.29) is 46.6 Å². The van der Waals surface area contributed by atoms with Crippen molar-refractivity contribution in [3.05, 3.63) is 25.0 Å². The van der Waals surface area contributed by atoms with Crippen molar-refractivity contribution in [3.63, 3.8) is 0 Å². The number of aliphatic hydroxyl groups is 3. The summed E-state index contributed by atoms with van der Waals surface area (Å²) in [7, 11) is 0. The van der Waals surface area contributed by atoms with Crippen LogP contribution in [0.1, 0.15) is 65.7 Å². The third-order valence-corrected chi connectivity index (χ3v) is 10.1. The van der Waals surface area contributed by atoms with Crippen LogP contribution in [0.2, 0.25) is 0 Å². The van der Waals surface area contributed by atoms with Gasteiger partial charge in [0.05, 0.1) is 24.6 Å². The highest BCUT2D eigenvalue weighted by molar-refractivity contribution is 5.69. The highest BCUT2D eigenvalue weighted by Gasteiger charge is 2.65. The zero-order valence-electron chi connectivity index (χ0n) is 19.2. The van der Waals surface area contributed by atoms with Crippen LogP contribution >= 0.6 is 0 Å². The van der Waals surface area contributed by atoms with Gasteiger partial charge >= 0.3 is 5.97 Å². The van der Waals surface area contributed by atoms with E-state index in [9.17, 15) is 20.1 Å². The fourth-order valence-corrected chi connectivity index (χ4v) is 8.39. The molecule has 0 amide bonds. The van der Waals surface area contributed by atoms with Crippen molar-refractivity contribution >= 4 is 5.97 Å². The lowest BCUT2D eigenvalue weighted by Crippen LogP contribution is -2.61. The summed E-state index contributed by atoms with van der Waals surface area (Å²) in [6.45, 7) is 10.1. The minimum atomic E-state index is -0.426. The molecule has 0 saturated heterocycles. The van der Waals surface area contributed by atoms with E-state index < -0.39 is 12.2 Å². The lowest BCUT2D eigenvalue weighted by atomic mass is 9.44. The predicted octanol–water partition coefficient (Wildman–Crippen LogP) is 3.83. The minimum Gasteiger partial charge on any atom is -0.435 e. The van der Waals surface area contributed by atoms with E-state index >= 15 is 0 Å². The first-order chi connectivity index (χ1) is 14.6.